The summed E-state index contributed by atoms with van der Waals surface area (Å²) >= 11 is 12.4. The van der Waals surface area contributed by atoms with Gasteiger partial charge >= 0.3 is 0 Å². The van der Waals surface area contributed by atoms with Crippen LogP contribution in [0.25, 0.3) is 16.7 Å². The van der Waals surface area contributed by atoms with E-state index in [1.165, 1.54) is 5.56 Å². The van der Waals surface area contributed by atoms with E-state index in [4.69, 9.17) is 23.2 Å². The van der Waals surface area contributed by atoms with Crippen LogP contribution in [0.4, 0.5) is 0 Å². The summed E-state index contributed by atoms with van der Waals surface area (Å²) in [5.41, 5.74) is 4.12. The highest BCUT2D eigenvalue weighted by Crippen LogP contribution is 2.29. The molecule has 0 saturated carbocycles. The van der Waals surface area contributed by atoms with Gasteiger partial charge in [0.2, 0.25) is 0 Å². The molecule has 0 N–H and O–H groups in total. The van der Waals surface area contributed by atoms with Crippen LogP contribution < -0.4 is 0 Å². The highest BCUT2D eigenvalue weighted by molar-refractivity contribution is 6.35. The molecule has 0 fully saturated rings. The van der Waals surface area contributed by atoms with Crippen molar-refractivity contribution in [2.24, 2.45) is 0 Å². The number of para-hydroxylation sites is 1. The molecule has 0 aliphatic carbocycles. The molecule has 0 aliphatic heterocycles. The lowest BCUT2D eigenvalue weighted by Gasteiger charge is -2.11. The fraction of sp³-hybridized carbons (Fsp3) is 0.235. The van der Waals surface area contributed by atoms with Gasteiger partial charge in [0.1, 0.15) is 5.82 Å². The molecule has 108 valence electrons. The van der Waals surface area contributed by atoms with Gasteiger partial charge in [-0.2, -0.15) is 0 Å². The molecule has 0 atom stereocenters. The topological polar surface area (TPSA) is 17.8 Å². The van der Waals surface area contributed by atoms with Crippen molar-refractivity contribution in [2.45, 2.75) is 25.6 Å². The van der Waals surface area contributed by atoms with Gasteiger partial charge in [0, 0.05) is 5.69 Å². The summed E-state index contributed by atoms with van der Waals surface area (Å²) in [7, 11) is 0. The van der Waals surface area contributed by atoms with E-state index < -0.39 is 0 Å². The number of benzene rings is 2. The van der Waals surface area contributed by atoms with Crippen molar-refractivity contribution in [1.82, 2.24) is 9.55 Å². The Balaban J connectivity index is 2.23. The summed E-state index contributed by atoms with van der Waals surface area (Å²) in [6.07, 6.45) is 0. The van der Waals surface area contributed by atoms with E-state index >= 15 is 0 Å². The monoisotopic (exact) mass is 318 g/mol. The molecule has 0 aliphatic rings. The lowest BCUT2D eigenvalue weighted by Crippen LogP contribution is -2.00. The Morgan fingerprint density at radius 2 is 1.81 bits per heavy atom. The zero-order chi connectivity index (χ0) is 15.0. The molecule has 2 aromatic carbocycles. The minimum Gasteiger partial charge on any atom is -0.294 e. The molecule has 1 heterocycles. The number of alkyl halides is 1. The number of nitrogens with zero attached hydrogens (tertiary/aromatic N) is 2. The Kier molecular flexibility index (Phi) is 3.92. The first-order valence-corrected chi connectivity index (χ1v) is 7.85. The normalized spacial score (nSPS) is 11.5. The summed E-state index contributed by atoms with van der Waals surface area (Å²) in [5.74, 6) is 1.66. The first-order valence-electron chi connectivity index (χ1n) is 6.94. The zero-order valence-electron chi connectivity index (χ0n) is 12.0. The predicted octanol–water partition coefficient (Wildman–Crippen LogP) is 5.54. The number of imidazole rings is 1. The van der Waals surface area contributed by atoms with Crippen molar-refractivity contribution in [3.63, 3.8) is 0 Å². The third kappa shape index (κ3) is 2.54. The smallest absolute Gasteiger partial charge is 0.129 e. The highest BCUT2D eigenvalue weighted by Gasteiger charge is 2.14. The number of hydrogen-bond acceptors (Lipinski definition) is 1. The molecule has 0 amide bonds. The van der Waals surface area contributed by atoms with Crippen molar-refractivity contribution in [1.29, 1.82) is 0 Å². The maximum atomic E-state index is 6.36. The minimum atomic E-state index is 0.344. The summed E-state index contributed by atoms with van der Waals surface area (Å²) in [6.45, 7) is 4.37. The second-order valence-electron chi connectivity index (χ2n) is 5.35. The van der Waals surface area contributed by atoms with E-state index in [1.54, 1.807) is 0 Å². The van der Waals surface area contributed by atoms with Gasteiger partial charge in [0.25, 0.3) is 0 Å². The standard InChI is InChI=1S/C17H16Cl2N2/c1-11(2)12-6-8-13(9-7-12)21-16(10-18)20-15-5-3-4-14(19)17(15)21/h3-9,11H,10H2,1-2H3. The Morgan fingerprint density at radius 3 is 2.43 bits per heavy atom. The molecule has 0 unspecified atom stereocenters. The molecular formula is C17H16Cl2N2. The average molecular weight is 319 g/mol. The fourth-order valence-electron chi connectivity index (χ4n) is 2.51. The van der Waals surface area contributed by atoms with Crippen LogP contribution in [0.3, 0.4) is 0 Å². The zero-order valence-corrected chi connectivity index (χ0v) is 13.5. The molecule has 4 heteroatoms. The van der Waals surface area contributed by atoms with Crippen molar-refractivity contribution >= 4 is 34.2 Å². The van der Waals surface area contributed by atoms with Crippen LogP contribution in [0, 0.1) is 0 Å². The van der Waals surface area contributed by atoms with Crippen molar-refractivity contribution < 1.29 is 0 Å². The number of aromatic nitrogens is 2. The first-order chi connectivity index (χ1) is 10.1. The summed E-state index contributed by atoms with van der Waals surface area (Å²) < 4.78 is 2.04. The average Bonchev–Trinajstić information content (AvgIpc) is 2.87. The molecule has 3 aromatic rings. The van der Waals surface area contributed by atoms with Crippen LogP contribution in [0.2, 0.25) is 5.02 Å². The molecule has 0 spiro atoms. The van der Waals surface area contributed by atoms with Crippen molar-refractivity contribution in [2.75, 3.05) is 0 Å². The molecule has 0 radical (unpaired) electrons. The lowest BCUT2D eigenvalue weighted by molar-refractivity contribution is 0.864. The Labute approximate surface area is 134 Å². The van der Waals surface area contributed by atoms with Gasteiger partial charge in [-0.25, -0.2) is 4.98 Å². The van der Waals surface area contributed by atoms with E-state index in [0.717, 1.165) is 22.5 Å². The van der Waals surface area contributed by atoms with Gasteiger partial charge in [-0.3, -0.25) is 4.57 Å². The molecular weight excluding hydrogens is 303 g/mol. The fourth-order valence-corrected chi connectivity index (χ4v) is 2.94. The van der Waals surface area contributed by atoms with Crippen LogP contribution >= 0.6 is 23.2 Å². The van der Waals surface area contributed by atoms with Gasteiger partial charge in [-0.1, -0.05) is 43.6 Å². The summed E-state index contributed by atoms with van der Waals surface area (Å²) in [4.78, 5) is 4.57. The Bertz CT molecular complexity index is 773. The van der Waals surface area contributed by atoms with Gasteiger partial charge in [-0.15, -0.1) is 11.6 Å². The molecule has 2 nitrogen and oxygen atoms in total. The van der Waals surface area contributed by atoms with Gasteiger partial charge < -0.3 is 0 Å². The molecule has 0 saturated heterocycles. The second kappa shape index (κ2) is 5.70. The van der Waals surface area contributed by atoms with Gasteiger partial charge in [0.05, 0.1) is 21.9 Å². The number of halogens is 2. The van der Waals surface area contributed by atoms with E-state index in [1.807, 2.05) is 22.8 Å². The second-order valence-corrected chi connectivity index (χ2v) is 6.03. The van der Waals surface area contributed by atoms with Crippen LogP contribution in [-0.4, -0.2) is 9.55 Å². The SMILES string of the molecule is CC(C)c1ccc(-n2c(CCl)nc3cccc(Cl)c32)cc1. The van der Waals surface area contributed by atoms with Crippen molar-refractivity contribution in [3.05, 3.63) is 58.9 Å². The summed E-state index contributed by atoms with van der Waals surface area (Å²) in [6, 6.07) is 14.2. The summed E-state index contributed by atoms with van der Waals surface area (Å²) in [5, 5.41) is 0.685. The Morgan fingerprint density at radius 1 is 1.10 bits per heavy atom. The third-order valence-electron chi connectivity index (χ3n) is 3.63. The van der Waals surface area contributed by atoms with Gasteiger partial charge in [-0.05, 0) is 35.7 Å². The minimum absolute atomic E-state index is 0.344. The quantitative estimate of drug-likeness (QED) is 0.579. The third-order valence-corrected chi connectivity index (χ3v) is 4.18. The van der Waals surface area contributed by atoms with Crippen molar-refractivity contribution in [3.8, 4) is 5.69 Å². The first kappa shape index (κ1) is 14.4. The maximum Gasteiger partial charge on any atom is 0.129 e. The molecule has 0 bridgehead atoms. The van der Waals surface area contributed by atoms with Crippen LogP contribution in [0.15, 0.2) is 42.5 Å². The van der Waals surface area contributed by atoms with Crippen LogP contribution in [-0.2, 0) is 5.88 Å². The largest absolute Gasteiger partial charge is 0.294 e. The van der Waals surface area contributed by atoms with Gasteiger partial charge in [0.15, 0.2) is 0 Å². The van der Waals surface area contributed by atoms with E-state index in [0.29, 0.717) is 16.8 Å². The number of rotatable bonds is 3. The van der Waals surface area contributed by atoms with E-state index in [-0.39, 0.29) is 0 Å². The Hall–Kier alpha value is -1.51. The molecule has 3 rings (SSSR count). The number of fused-ring (bicyclic) bond motifs is 1. The van der Waals surface area contributed by atoms with Crippen LogP contribution in [0.5, 0.6) is 0 Å². The highest BCUT2D eigenvalue weighted by atomic mass is 35.5. The molecule has 21 heavy (non-hydrogen) atoms. The van der Waals surface area contributed by atoms with E-state index in [2.05, 4.69) is 43.1 Å². The molecule has 1 aromatic heterocycles. The van der Waals surface area contributed by atoms with Crippen LogP contribution in [0.1, 0.15) is 31.2 Å². The number of hydrogen-bond donors (Lipinski definition) is 0. The lowest BCUT2D eigenvalue weighted by atomic mass is 10.0. The maximum absolute atomic E-state index is 6.36. The van der Waals surface area contributed by atoms with E-state index in [9.17, 15) is 0 Å². The predicted molar refractivity (Wildman–Crippen MR) is 89.7 cm³/mol.